The lowest BCUT2D eigenvalue weighted by Gasteiger charge is -2.05. The van der Waals surface area contributed by atoms with E-state index in [1.807, 2.05) is 49.5 Å². The summed E-state index contributed by atoms with van der Waals surface area (Å²) in [7, 11) is 0. The van der Waals surface area contributed by atoms with Crippen LogP contribution in [0.25, 0.3) is 5.69 Å². The van der Waals surface area contributed by atoms with Crippen LogP contribution in [0.15, 0.2) is 57.3 Å². The number of pyridine rings is 1. The first-order valence-corrected chi connectivity index (χ1v) is 7.49. The van der Waals surface area contributed by atoms with Crippen molar-refractivity contribution in [3.05, 3.63) is 52.6 Å². The predicted molar refractivity (Wildman–Crippen MR) is 80.0 cm³/mol. The van der Waals surface area contributed by atoms with E-state index in [1.54, 1.807) is 4.68 Å². The van der Waals surface area contributed by atoms with E-state index in [-0.39, 0.29) is 0 Å². The lowest BCUT2D eigenvalue weighted by atomic mass is 10.3. The van der Waals surface area contributed by atoms with Gasteiger partial charge >= 0.3 is 0 Å². The third-order valence-corrected chi connectivity index (χ3v) is 4.40. The zero-order chi connectivity index (χ0) is 13.9. The standard InChI is InChI=1S/C13H10BrN5S/c1-9-7-11(14)12(15-8-9)20-13-16-17-18-19(13)10-5-3-2-4-6-10/h2-8H,1H3. The summed E-state index contributed by atoms with van der Waals surface area (Å²) in [5.41, 5.74) is 2.02. The smallest absolute Gasteiger partial charge is 0.220 e. The first kappa shape index (κ1) is 13.3. The number of nitrogens with zero attached hydrogens (tertiary/aromatic N) is 5. The molecule has 7 heteroatoms. The summed E-state index contributed by atoms with van der Waals surface area (Å²) in [5.74, 6) is 0. The SMILES string of the molecule is Cc1cnc(Sc2nnnn2-c2ccccc2)c(Br)c1. The highest BCUT2D eigenvalue weighted by atomic mass is 79.9. The van der Waals surface area contributed by atoms with Gasteiger partial charge in [-0.05, 0) is 68.8 Å². The monoisotopic (exact) mass is 347 g/mol. The molecule has 0 atom stereocenters. The maximum absolute atomic E-state index is 4.39. The Morgan fingerprint density at radius 3 is 2.75 bits per heavy atom. The maximum Gasteiger partial charge on any atom is 0.220 e. The molecule has 0 spiro atoms. The molecule has 0 saturated heterocycles. The predicted octanol–water partition coefficient (Wildman–Crippen LogP) is 3.28. The molecule has 0 unspecified atom stereocenters. The average Bonchev–Trinajstić information content (AvgIpc) is 2.91. The highest BCUT2D eigenvalue weighted by Gasteiger charge is 2.12. The van der Waals surface area contributed by atoms with Crippen LogP contribution in [0.1, 0.15) is 5.56 Å². The van der Waals surface area contributed by atoms with E-state index in [2.05, 4.69) is 36.4 Å². The number of para-hydroxylation sites is 1. The fourth-order valence-corrected chi connectivity index (χ4v) is 3.10. The van der Waals surface area contributed by atoms with Gasteiger partial charge in [0, 0.05) is 6.20 Å². The second-order valence-electron chi connectivity index (χ2n) is 4.11. The van der Waals surface area contributed by atoms with Gasteiger partial charge in [0.25, 0.3) is 0 Å². The minimum atomic E-state index is 0.674. The molecule has 0 aliphatic heterocycles. The van der Waals surface area contributed by atoms with Crippen molar-refractivity contribution in [1.29, 1.82) is 0 Å². The van der Waals surface area contributed by atoms with Crippen molar-refractivity contribution in [2.75, 3.05) is 0 Å². The first-order chi connectivity index (χ1) is 9.74. The third kappa shape index (κ3) is 2.73. The molecule has 0 bridgehead atoms. The van der Waals surface area contributed by atoms with Gasteiger partial charge in [-0.25, -0.2) is 4.98 Å². The van der Waals surface area contributed by atoms with Crippen LogP contribution in [0.4, 0.5) is 0 Å². The van der Waals surface area contributed by atoms with Crippen LogP contribution in [0, 0.1) is 6.92 Å². The molecule has 0 radical (unpaired) electrons. The number of hydrogen-bond acceptors (Lipinski definition) is 5. The second-order valence-corrected chi connectivity index (χ2v) is 5.92. The normalized spacial score (nSPS) is 10.7. The van der Waals surface area contributed by atoms with Crippen LogP contribution < -0.4 is 0 Å². The fourth-order valence-electron chi connectivity index (χ4n) is 1.66. The minimum Gasteiger partial charge on any atom is -0.248 e. The summed E-state index contributed by atoms with van der Waals surface area (Å²) in [6, 6.07) is 11.8. The molecule has 0 N–H and O–H groups in total. The van der Waals surface area contributed by atoms with Crippen LogP contribution in [0.5, 0.6) is 0 Å². The zero-order valence-electron chi connectivity index (χ0n) is 10.6. The molecule has 1 aromatic carbocycles. The van der Waals surface area contributed by atoms with Crippen molar-refractivity contribution in [2.45, 2.75) is 17.1 Å². The van der Waals surface area contributed by atoms with Gasteiger partial charge < -0.3 is 0 Å². The number of tetrazole rings is 1. The second kappa shape index (κ2) is 5.72. The number of aromatic nitrogens is 5. The molecule has 2 aromatic heterocycles. The number of aryl methyl sites for hydroxylation is 1. The minimum absolute atomic E-state index is 0.674. The molecule has 100 valence electrons. The molecular formula is C13H10BrN5S. The van der Waals surface area contributed by atoms with Crippen molar-refractivity contribution in [3.63, 3.8) is 0 Å². The fraction of sp³-hybridized carbons (Fsp3) is 0.0769. The molecule has 0 amide bonds. The van der Waals surface area contributed by atoms with Crippen molar-refractivity contribution in [3.8, 4) is 5.69 Å². The van der Waals surface area contributed by atoms with Crippen LogP contribution in [-0.2, 0) is 0 Å². The Balaban J connectivity index is 1.95. The number of hydrogen-bond donors (Lipinski definition) is 0. The third-order valence-electron chi connectivity index (χ3n) is 2.57. The Morgan fingerprint density at radius 1 is 1.20 bits per heavy atom. The van der Waals surface area contributed by atoms with Gasteiger partial charge in [0.2, 0.25) is 5.16 Å². The Bertz CT molecular complexity index is 729. The van der Waals surface area contributed by atoms with Crippen LogP contribution in [0.3, 0.4) is 0 Å². The van der Waals surface area contributed by atoms with Crippen molar-refractivity contribution in [2.24, 2.45) is 0 Å². The Morgan fingerprint density at radius 2 is 2.00 bits per heavy atom. The van der Waals surface area contributed by atoms with Gasteiger partial charge in [-0.2, -0.15) is 4.68 Å². The Kier molecular flexibility index (Phi) is 3.79. The molecular weight excluding hydrogens is 338 g/mol. The van der Waals surface area contributed by atoms with Crippen molar-refractivity contribution >= 4 is 27.7 Å². The van der Waals surface area contributed by atoms with E-state index in [9.17, 15) is 0 Å². The molecule has 5 nitrogen and oxygen atoms in total. The van der Waals surface area contributed by atoms with E-state index in [4.69, 9.17) is 0 Å². The molecule has 0 fully saturated rings. The van der Waals surface area contributed by atoms with Crippen LogP contribution >= 0.6 is 27.7 Å². The molecule has 0 saturated carbocycles. The highest BCUT2D eigenvalue weighted by Crippen LogP contribution is 2.31. The largest absolute Gasteiger partial charge is 0.248 e. The van der Waals surface area contributed by atoms with E-state index in [0.717, 1.165) is 20.7 Å². The number of benzene rings is 1. The number of rotatable bonds is 3. The van der Waals surface area contributed by atoms with Gasteiger partial charge in [-0.3, -0.25) is 0 Å². The van der Waals surface area contributed by atoms with Gasteiger partial charge in [-0.1, -0.05) is 18.2 Å². The molecule has 3 rings (SSSR count). The molecule has 0 aliphatic rings. The highest BCUT2D eigenvalue weighted by molar-refractivity contribution is 9.10. The van der Waals surface area contributed by atoms with Gasteiger partial charge in [0.05, 0.1) is 10.2 Å². The molecule has 3 aromatic rings. The van der Waals surface area contributed by atoms with Crippen LogP contribution in [0.2, 0.25) is 0 Å². The topological polar surface area (TPSA) is 56.5 Å². The first-order valence-electron chi connectivity index (χ1n) is 5.88. The van der Waals surface area contributed by atoms with E-state index >= 15 is 0 Å². The number of halogens is 1. The lowest BCUT2D eigenvalue weighted by Crippen LogP contribution is -1.98. The Hall–Kier alpha value is -1.73. The summed E-state index contributed by atoms with van der Waals surface area (Å²) < 4.78 is 2.63. The average molecular weight is 348 g/mol. The van der Waals surface area contributed by atoms with Crippen molar-refractivity contribution in [1.82, 2.24) is 25.2 Å². The van der Waals surface area contributed by atoms with E-state index in [1.165, 1.54) is 11.8 Å². The molecule has 20 heavy (non-hydrogen) atoms. The van der Waals surface area contributed by atoms with Gasteiger partial charge in [0.1, 0.15) is 5.03 Å². The summed E-state index contributed by atoms with van der Waals surface area (Å²) in [6.07, 6.45) is 1.82. The van der Waals surface area contributed by atoms with Crippen LogP contribution in [-0.4, -0.2) is 25.2 Å². The van der Waals surface area contributed by atoms with E-state index in [0.29, 0.717) is 5.16 Å². The maximum atomic E-state index is 4.39. The molecule has 0 aliphatic carbocycles. The van der Waals surface area contributed by atoms with Gasteiger partial charge in [-0.15, -0.1) is 5.10 Å². The molecule has 2 heterocycles. The van der Waals surface area contributed by atoms with E-state index < -0.39 is 0 Å². The Labute approximate surface area is 128 Å². The lowest BCUT2D eigenvalue weighted by molar-refractivity contribution is 0.756. The summed E-state index contributed by atoms with van der Waals surface area (Å²) in [6.45, 7) is 2.00. The van der Waals surface area contributed by atoms with Crippen molar-refractivity contribution < 1.29 is 0 Å². The summed E-state index contributed by atoms with van der Waals surface area (Å²) in [5, 5.41) is 13.3. The summed E-state index contributed by atoms with van der Waals surface area (Å²) in [4.78, 5) is 4.39. The quantitative estimate of drug-likeness (QED) is 0.727. The summed E-state index contributed by atoms with van der Waals surface area (Å²) >= 11 is 4.93. The van der Waals surface area contributed by atoms with Gasteiger partial charge in [0.15, 0.2) is 0 Å². The zero-order valence-corrected chi connectivity index (χ0v) is 13.0.